The Morgan fingerprint density at radius 3 is 2.69 bits per heavy atom. The molecule has 2 N–H and O–H groups in total. The molecule has 0 saturated carbocycles. The van der Waals surface area contributed by atoms with E-state index in [1.807, 2.05) is 0 Å². The lowest BCUT2D eigenvalue weighted by Crippen LogP contribution is -2.14. The van der Waals surface area contributed by atoms with Crippen molar-refractivity contribution in [3.05, 3.63) is 57.3 Å². The molecule has 0 bridgehead atoms. The highest BCUT2D eigenvalue weighted by Crippen LogP contribution is 2.21. The molecule has 1 aromatic carbocycles. The van der Waals surface area contributed by atoms with E-state index in [0.717, 1.165) is 6.42 Å². The quantitative estimate of drug-likeness (QED) is 0.858. The Morgan fingerprint density at radius 2 is 2.06 bits per heavy atom. The van der Waals surface area contributed by atoms with Gasteiger partial charge >= 0.3 is 0 Å². The average molecular weight is 231 g/mol. The van der Waals surface area contributed by atoms with Crippen LogP contribution in [-0.4, -0.2) is 0 Å². The Morgan fingerprint density at radius 1 is 1.25 bits per heavy atom. The van der Waals surface area contributed by atoms with Crippen molar-refractivity contribution in [2.24, 2.45) is 5.73 Å². The first kappa shape index (κ1) is 11.4. The van der Waals surface area contributed by atoms with E-state index in [1.54, 1.807) is 11.3 Å². The van der Waals surface area contributed by atoms with Crippen LogP contribution >= 0.6 is 11.3 Å². The van der Waals surface area contributed by atoms with E-state index in [-0.39, 0.29) is 6.04 Å². The second-order valence-corrected chi connectivity index (χ2v) is 5.08. The molecule has 0 aliphatic carbocycles. The monoisotopic (exact) mass is 231 g/mol. The van der Waals surface area contributed by atoms with Gasteiger partial charge in [-0.2, -0.15) is 11.3 Å². The lowest BCUT2D eigenvalue weighted by molar-refractivity contribution is 0.718. The first-order valence-corrected chi connectivity index (χ1v) is 6.45. The zero-order valence-electron chi connectivity index (χ0n) is 9.73. The first-order chi connectivity index (χ1) is 7.66. The maximum Gasteiger partial charge on any atom is 0.0338 e. The van der Waals surface area contributed by atoms with Crippen LogP contribution in [-0.2, 0) is 6.42 Å². The SMILES string of the molecule is Cc1ccc(C(N)Cc2ccsc2)c(C)c1. The fourth-order valence-corrected chi connectivity index (χ4v) is 2.70. The highest BCUT2D eigenvalue weighted by atomic mass is 32.1. The van der Waals surface area contributed by atoms with Crippen LogP contribution in [0.25, 0.3) is 0 Å². The van der Waals surface area contributed by atoms with Gasteiger partial charge in [0.05, 0.1) is 0 Å². The summed E-state index contributed by atoms with van der Waals surface area (Å²) >= 11 is 1.73. The molecule has 1 nitrogen and oxygen atoms in total. The van der Waals surface area contributed by atoms with Gasteiger partial charge < -0.3 is 5.73 Å². The molecule has 1 heterocycles. The highest BCUT2D eigenvalue weighted by Gasteiger charge is 2.09. The fourth-order valence-electron chi connectivity index (χ4n) is 2.01. The molecule has 84 valence electrons. The van der Waals surface area contributed by atoms with Crippen molar-refractivity contribution in [2.45, 2.75) is 26.3 Å². The zero-order chi connectivity index (χ0) is 11.5. The van der Waals surface area contributed by atoms with Gasteiger partial charge in [0, 0.05) is 6.04 Å². The maximum absolute atomic E-state index is 6.24. The number of nitrogens with two attached hydrogens (primary N) is 1. The Labute approximate surface area is 101 Å². The molecular formula is C14H17NS. The smallest absolute Gasteiger partial charge is 0.0338 e. The van der Waals surface area contributed by atoms with Gasteiger partial charge in [-0.05, 0) is 53.8 Å². The summed E-state index contributed by atoms with van der Waals surface area (Å²) in [6, 6.07) is 8.74. The summed E-state index contributed by atoms with van der Waals surface area (Å²) in [4.78, 5) is 0. The summed E-state index contributed by atoms with van der Waals surface area (Å²) in [6.07, 6.45) is 0.924. The van der Waals surface area contributed by atoms with E-state index in [9.17, 15) is 0 Å². The van der Waals surface area contributed by atoms with E-state index < -0.39 is 0 Å². The minimum Gasteiger partial charge on any atom is -0.324 e. The van der Waals surface area contributed by atoms with E-state index in [4.69, 9.17) is 5.73 Å². The number of thiophene rings is 1. The Balaban J connectivity index is 2.17. The van der Waals surface area contributed by atoms with Crippen LogP contribution in [0.5, 0.6) is 0 Å². The molecule has 0 spiro atoms. The van der Waals surface area contributed by atoms with Gasteiger partial charge in [0.1, 0.15) is 0 Å². The average Bonchev–Trinajstić information content (AvgIpc) is 2.70. The van der Waals surface area contributed by atoms with Crippen LogP contribution in [0.3, 0.4) is 0 Å². The molecule has 0 aliphatic heterocycles. The van der Waals surface area contributed by atoms with Crippen molar-refractivity contribution in [3.63, 3.8) is 0 Å². The molecule has 1 aromatic heterocycles. The second kappa shape index (κ2) is 4.81. The predicted octanol–water partition coefficient (Wildman–Crippen LogP) is 3.61. The molecule has 1 unspecified atom stereocenters. The Bertz CT molecular complexity index is 460. The maximum atomic E-state index is 6.24. The summed E-state index contributed by atoms with van der Waals surface area (Å²) in [5.41, 5.74) is 11.4. The van der Waals surface area contributed by atoms with Crippen LogP contribution < -0.4 is 5.73 Å². The predicted molar refractivity (Wildman–Crippen MR) is 70.9 cm³/mol. The van der Waals surface area contributed by atoms with Crippen molar-refractivity contribution in [1.29, 1.82) is 0 Å². The number of benzene rings is 1. The number of aryl methyl sites for hydroxylation is 2. The molecule has 16 heavy (non-hydrogen) atoms. The van der Waals surface area contributed by atoms with Crippen LogP contribution in [0.15, 0.2) is 35.0 Å². The molecule has 0 amide bonds. The Kier molecular flexibility index (Phi) is 3.42. The molecule has 0 saturated heterocycles. The van der Waals surface area contributed by atoms with Gasteiger partial charge in [0.25, 0.3) is 0 Å². The molecule has 0 aliphatic rings. The van der Waals surface area contributed by atoms with Crippen LogP contribution in [0.1, 0.15) is 28.3 Å². The zero-order valence-corrected chi connectivity index (χ0v) is 10.6. The van der Waals surface area contributed by atoms with Gasteiger partial charge in [-0.25, -0.2) is 0 Å². The van der Waals surface area contributed by atoms with Gasteiger partial charge in [0.15, 0.2) is 0 Å². The van der Waals surface area contributed by atoms with Crippen molar-refractivity contribution in [1.82, 2.24) is 0 Å². The number of hydrogen-bond acceptors (Lipinski definition) is 2. The summed E-state index contributed by atoms with van der Waals surface area (Å²) in [5.74, 6) is 0. The van der Waals surface area contributed by atoms with Crippen molar-refractivity contribution in [2.75, 3.05) is 0 Å². The topological polar surface area (TPSA) is 26.0 Å². The van der Waals surface area contributed by atoms with Gasteiger partial charge in [0.2, 0.25) is 0 Å². The van der Waals surface area contributed by atoms with Crippen molar-refractivity contribution < 1.29 is 0 Å². The first-order valence-electron chi connectivity index (χ1n) is 5.50. The third kappa shape index (κ3) is 2.52. The minimum absolute atomic E-state index is 0.107. The standard InChI is InChI=1S/C14H17NS/c1-10-3-4-13(11(2)7-10)14(15)8-12-5-6-16-9-12/h3-7,9,14H,8,15H2,1-2H3. The third-order valence-corrected chi connectivity index (χ3v) is 3.59. The lowest BCUT2D eigenvalue weighted by atomic mass is 9.96. The molecule has 2 rings (SSSR count). The number of rotatable bonds is 3. The Hall–Kier alpha value is -1.12. The molecule has 0 radical (unpaired) electrons. The molecule has 2 aromatic rings. The third-order valence-electron chi connectivity index (χ3n) is 2.86. The largest absolute Gasteiger partial charge is 0.324 e. The van der Waals surface area contributed by atoms with Crippen LogP contribution in [0.2, 0.25) is 0 Å². The lowest BCUT2D eigenvalue weighted by Gasteiger charge is -2.14. The van der Waals surface area contributed by atoms with Gasteiger partial charge in [-0.1, -0.05) is 23.8 Å². The summed E-state index contributed by atoms with van der Waals surface area (Å²) in [7, 11) is 0. The van der Waals surface area contributed by atoms with Gasteiger partial charge in [-0.3, -0.25) is 0 Å². The molecule has 2 heteroatoms. The fraction of sp³-hybridized carbons (Fsp3) is 0.286. The van der Waals surface area contributed by atoms with Gasteiger partial charge in [-0.15, -0.1) is 0 Å². The normalized spacial score (nSPS) is 12.7. The van der Waals surface area contributed by atoms with Crippen molar-refractivity contribution in [3.8, 4) is 0 Å². The molecule has 0 fully saturated rings. The summed E-state index contributed by atoms with van der Waals surface area (Å²) in [6.45, 7) is 4.25. The molecule has 1 atom stereocenters. The highest BCUT2D eigenvalue weighted by molar-refractivity contribution is 7.07. The summed E-state index contributed by atoms with van der Waals surface area (Å²) < 4.78 is 0. The van der Waals surface area contributed by atoms with E-state index in [0.29, 0.717) is 0 Å². The molecular weight excluding hydrogens is 214 g/mol. The second-order valence-electron chi connectivity index (χ2n) is 4.30. The van der Waals surface area contributed by atoms with Crippen LogP contribution in [0, 0.1) is 13.8 Å². The van der Waals surface area contributed by atoms with E-state index >= 15 is 0 Å². The van der Waals surface area contributed by atoms with E-state index in [1.165, 1.54) is 22.3 Å². The minimum atomic E-state index is 0.107. The van der Waals surface area contributed by atoms with Crippen molar-refractivity contribution >= 4 is 11.3 Å². The summed E-state index contributed by atoms with van der Waals surface area (Å²) in [5, 5.41) is 4.27. The van der Waals surface area contributed by atoms with E-state index in [2.05, 4.69) is 48.9 Å². The van der Waals surface area contributed by atoms with Crippen LogP contribution in [0.4, 0.5) is 0 Å². The number of hydrogen-bond donors (Lipinski definition) is 1.